The Kier molecular flexibility index (Phi) is 18.9. The van der Waals surface area contributed by atoms with Gasteiger partial charge in [-0.25, -0.2) is 18.1 Å². The first kappa shape index (κ1) is 66.4. The van der Waals surface area contributed by atoms with Gasteiger partial charge in [-0.15, -0.1) is 6.08 Å². The van der Waals surface area contributed by atoms with Gasteiger partial charge >= 0.3 is 0 Å². The van der Waals surface area contributed by atoms with Gasteiger partial charge in [0.05, 0.1) is 26.9 Å². The fourth-order valence-electron chi connectivity index (χ4n) is 13.9. The number of rotatable bonds is 5. The van der Waals surface area contributed by atoms with E-state index in [1.54, 1.807) is 16.7 Å². The van der Waals surface area contributed by atoms with Crippen molar-refractivity contribution in [1.82, 2.24) is 4.90 Å². The predicted octanol–water partition coefficient (Wildman–Crippen LogP) is 21.4. The number of benzene rings is 10. The van der Waals surface area contributed by atoms with Crippen molar-refractivity contribution in [1.29, 1.82) is 0 Å². The Balaban J connectivity index is 0.000000119. The molecule has 0 aromatic heterocycles. The molecule has 7 heteroatoms. The third-order valence-electron chi connectivity index (χ3n) is 19.3. The highest BCUT2D eigenvalue weighted by atomic mass is 19.1. The van der Waals surface area contributed by atoms with Crippen LogP contribution in [-0.4, -0.2) is 57.1 Å². The number of nitrogens with zero attached hydrogens (tertiary/aromatic N) is 6. The molecule has 0 N–H and O–H groups in total. The van der Waals surface area contributed by atoms with Crippen molar-refractivity contribution in [3.8, 4) is 11.1 Å². The van der Waals surface area contributed by atoms with Gasteiger partial charge in [-0.1, -0.05) is 300 Å². The summed E-state index contributed by atoms with van der Waals surface area (Å²) in [6, 6.07) is 73.9. The summed E-state index contributed by atoms with van der Waals surface area (Å²) in [5.41, 5.74) is 26.9. The molecule has 10 aromatic carbocycles. The van der Waals surface area contributed by atoms with Crippen LogP contribution in [0.15, 0.2) is 268 Å². The lowest BCUT2D eigenvalue weighted by Gasteiger charge is -2.27. The molecule has 5 aliphatic heterocycles. The summed E-state index contributed by atoms with van der Waals surface area (Å²) in [7, 11) is 2.00. The minimum Gasteiger partial charge on any atom is -0.336 e. The Morgan fingerprint density at radius 1 is 0.429 bits per heavy atom. The summed E-state index contributed by atoms with van der Waals surface area (Å²) in [6.07, 6.45) is 24.8. The molecule has 0 saturated carbocycles. The van der Waals surface area contributed by atoms with Crippen LogP contribution in [0.3, 0.4) is 0 Å². The second kappa shape index (κ2) is 28.0. The zero-order valence-corrected chi connectivity index (χ0v) is 58.1. The molecule has 1 aliphatic carbocycles. The average Bonchev–Trinajstić information content (AvgIpc) is 1.57. The average molecular weight is 1280 g/mol. The van der Waals surface area contributed by atoms with E-state index in [0.717, 1.165) is 63.7 Å². The van der Waals surface area contributed by atoms with E-state index in [4.69, 9.17) is 0 Å². The highest BCUT2D eigenvalue weighted by molar-refractivity contribution is 5.90. The summed E-state index contributed by atoms with van der Waals surface area (Å²) in [6.45, 7) is 40.0. The Bertz CT molecular complexity index is 5020. The molecule has 0 radical (unpaired) electrons. The van der Waals surface area contributed by atoms with Gasteiger partial charge in [0.25, 0.3) is 0 Å². The van der Waals surface area contributed by atoms with E-state index < -0.39 is 0 Å². The largest absolute Gasteiger partial charge is 0.336 e. The zero-order chi connectivity index (χ0) is 69.1. The number of para-hydroxylation sites is 4. The maximum absolute atomic E-state index is 13.2. The molecule has 16 rings (SSSR count). The van der Waals surface area contributed by atoms with Crippen LogP contribution < -0.4 is 4.90 Å². The molecular weight excluding hydrogens is 1200 g/mol. The van der Waals surface area contributed by atoms with Crippen LogP contribution in [0.1, 0.15) is 103 Å². The third-order valence-corrected chi connectivity index (χ3v) is 19.3. The molecule has 10 aromatic rings. The van der Waals surface area contributed by atoms with Crippen LogP contribution in [0.4, 0.5) is 27.1 Å². The summed E-state index contributed by atoms with van der Waals surface area (Å²) < 4.78 is 21.1. The number of fused-ring (bicyclic) bond motifs is 7. The second-order valence-corrected chi connectivity index (χ2v) is 26.2. The molecule has 0 unspecified atom stereocenters. The van der Waals surface area contributed by atoms with Gasteiger partial charge in [0.15, 0.2) is 17.1 Å². The van der Waals surface area contributed by atoms with E-state index in [-0.39, 0.29) is 11.2 Å². The molecule has 6 nitrogen and oxygen atoms in total. The minimum absolute atomic E-state index is 0.0111. The summed E-state index contributed by atoms with van der Waals surface area (Å²) in [5, 5.41) is 2.53. The van der Waals surface area contributed by atoms with Crippen LogP contribution in [0, 0.1) is 78.5 Å². The Morgan fingerprint density at radius 2 is 0.959 bits per heavy atom. The van der Waals surface area contributed by atoms with Crippen LogP contribution in [0.5, 0.6) is 0 Å². The summed E-state index contributed by atoms with van der Waals surface area (Å²) in [4.78, 5) is 4.10. The highest BCUT2D eigenvalue weighted by Crippen LogP contribution is 2.51. The number of allylic oxidation sites excluding steroid dienone is 2. The molecule has 5 heterocycles. The number of anilines is 1. The predicted molar refractivity (Wildman–Crippen MR) is 412 cm³/mol. The summed E-state index contributed by atoms with van der Waals surface area (Å²) >= 11 is 0. The summed E-state index contributed by atoms with van der Waals surface area (Å²) in [5.74, 6) is 0.796. The maximum atomic E-state index is 13.2. The van der Waals surface area contributed by atoms with E-state index in [2.05, 4.69) is 304 Å². The lowest BCUT2D eigenvalue weighted by atomic mass is 9.80. The quantitative estimate of drug-likeness (QED) is 0.126. The smallest absolute Gasteiger partial charge is 0.159 e. The van der Waals surface area contributed by atoms with E-state index in [9.17, 15) is 4.39 Å². The standard InChI is InChI=1S/C26H23N.C21H17N.C18H17N.C14H14FN.C12H14N2/c1-17-15-21-19-10-6-7-11-22(19)26(2,3)23(21)16-20(17)25-14-13-18-9-5-8-12-24(18)27(25)4;1-15-11-12-16-7-3-5-9-18(16)21(15)20-14-13-17-8-4-6-10-19(17)22(20)2;1-13-8-9-14(2)16(12-13)18-11-10-15-6-4-5-7-17(15)19(18)3;1-10-8-12(15)9-11(2)14(10)13-6-4-5-7-16(13)3;1-10-6-4-5-7-12(10)14-9-8-13(3)11(14)2/h5-16H,4H2,1-3H3;3-14H,2H2,1H3;4-12H,3H2,1-2H3;4-9H,3H2,1-2H3;4-9H,2H2,1,3H3. The SMILES string of the molecule is C=C1N(C)C=CN1c1ccccc1C.C=[N+]1C=CC=C[C-]1c1c(C)cc(F)cc1C.C=[N+]1c2ccccc2C=C[C-]1c1c(C)ccc2ccccc12.C=[N+]1c2ccccc2C=C[C-]1c1cc(C)ccc1C.C=[N+]1c2ccccc2C=C[C-]1c1cc2c(cc1C)-c1ccccc1C2(C)C. The lowest BCUT2D eigenvalue weighted by Crippen LogP contribution is -2.19. The van der Waals surface area contributed by atoms with E-state index in [1.165, 1.54) is 99.9 Å². The normalized spacial score (nSPS) is 14.7. The lowest BCUT2D eigenvalue weighted by molar-refractivity contribution is -0.417. The number of hydrogen-bond acceptors (Lipinski definition) is 2. The van der Waals surface area contributed by atoms with Gasteiger partial charge in [-0.3, -0.25) is 4.58 Å². The molecule has 98 heavy (non-hydrogen) atoms. The first-order chi connectivity index (χ1) is 47.2. The molecule has 486 valence electrons. The van der Waals surface area contributed by atoms with Crippen molar-refractivity contribution in [2.24, 2.45) is 0 Å². The fraction of sp³-hybridized carbons (Fsp3) is 0.121. The molecular formula is C91H85FN6. The number of aryl methyl sites for hydroxylation is 7. The van der Waals surface area contributed by atoms with Crippen LogP contribution in [0.2, 0.25) is 0 Å². The third kappa shape index (κ3) is 13.1. The minimum atomic E-state index is -0.190. The van der Waals surface area contributed by atoms with Crippen LogP contribution >= 0.6 is 0 Å². The molecule has 0 bridgehead atoms. The van der Waals surface area contributed by atoms with Crippen molar-refractivity contribution < 1.29 is 22.7 Å². The second-order valence-electron chi connectivity index (χ2n) is 26.2. The topological polar surface area (TPSA) is 18.5 Å². The van der Waals surface area contributed by atoms with Gasteiger partial charge in [0.2, 0.25) is 0 Å². The van der Waals surface area contributed by atoms with Crippen molar-refractivity contribution in [3.63, 3.8) is 0 Å². The molecule has 0 saturated heterocycles. The molecule has 0 fully saturated rings. The van der Waals surface area contributed by atoms with Crippen LogP contribution in [-0.2, 0) is 5.41 Å². The Hall–Kier alpha value is -11.7. The monoisotopic (exact) mass is 1280 g/mol. The van der Waals surface area contributed by atoms with Crippen LogP contribution in [0.25, 0.3) is 40.1 Å². The van der Waals surface area contributed by atoms with Crippen molar-refractivity contribution in [3.05, 3.63) is 387 Å². The van der Waals surface area contributed by atoms with Gasteiger partial charge in [-0.05, 0) is 129 Å². The van der Waals surface area contributed by atoms with Gasteiger partial charge in [0, 0.05) is 30.5 Å². The first-order valence-corrected chi connectivity index (χ1v) is 33.3. The van der Waals surface area contributed by atoms with E-state index in [1.807, 2.05) is 83.9 Å². The van der Waals surface area contributed by atoms with Crippen molar-refractivity contribution in [2.45, 2.75) is 67.7 Å². The Labute approximate surface area is 580 Å². The van der Waals surface area contributed by atoms with Gasteiger partial charge in [-0.2, -0.15) is 0 Å². The molecule has 6 aliphatic rings. The number of hydrogen-bond donors (Lipinski definition) is 0. The van der Waals surface area contributed by atoms with E-state index >= 15 is 0 Å². The first-order valence-electron chi connectivity index (χ1n) is 33.3. The maximum Gasteiger partial charge on any atom is 0.159 e. The Morgan fingerprint density at radius 3 is 1.56 bits per heavy atom. The van der Waals surface area contributed by atoms with Gasteiger partial charge in [0.1, 0.15) is 42.0 Å². The highest BCUT2D eigenvalue weighted by Gasteiger charge is 2.36. The molecule has 0 atom stereocenters. The van der Waals surface area contributed by atoms with E-state index in [0.29, 0.717) is 0 Å². The fourth-order valence-corrected chi connectivity index (χ4v) is 13.9. The number of halogens is 1. The molecule has 0 amide bonds. The van der Waals surface area contributed by atoms with Crippen molar-refractivity contribution >= 4 is 78.6 Å². The van der Waals surface area contributed by atoms with Crippen molar-refractivity contribution in [2.75, 3.05) is 11.9 Å². The van der Waals surface area contributed by atoms with Gasteiger partial charge < -0.3 is 9.80 Å². The zero-order valence-electron chi connectivity index (χ0n) is 58.1. The molecule has 0 spiro atoms.